The molecule has 9 N–H and O–H groups in total. The largest absolute Gasteiger partial charge is 0.480 e. The first-order valence-electron chi connectivity index (χ1n) is 9.12. The Labute approximate surface area is 168 Å². The van der Waals surface area contributed by atoms with E-state index < -0.39 is 66.3 Å². The first kappa shape index (κ1) is 26.3. The van der Waals surface area contributed by atoms with Crippen LogP contribution in [0.15, 0.2) is 0 Å². The fourth-order valence-electron chi connectivity index (χ4n) is 2.32. The molecule has 4 amide bonds. The lowest BCUT2D eigenvalue weighted by atomic mass is 10.0. The zero-order chi connectivity index (χ0) is 22.9. The lowest BCUT2D eigenvalue weighted by Crippen LogP contribution is -2.60. The summed E-state index contributed by atoms with van der Waals surface area (Å²) in [4.78, 5) is 58.8. The van der Waals surface area contributed by atoms with Gasteiger partial charge in [0.1, 0.15) is 18.1 Å². The van der Waals surface area contributed by atoms with Crippen LogP contribution in [0.1, 0.15) is 40.5 Å². The van der Waals surface area contributed by atoms with Crippen molar-refractivity contribution in [2.45, 2.75) is 70.8 Å². The molecule has 29 heavy (non-hydrogen) atoms. The number of carboxylic acids is 1. The minimum Gasteiger partial charge on any atom is -0.480 e. The number of amides is 4. The Kier molecular flexibility index (Phi) is 10.8. The van der Waals surface area contributed by atoms with E-state index in [1.807, 2.05) is 0 Å². The molecule has 0 heterocycles. The normalized spacial score (nSPS) is 16.1. The van der Waals surface area contributed by atoms with Crippen molar-refractivity contribution in [3.05, 3.63) is 0 Å². The van der Waals surface area contributed by atoms with Gasteiger partial charge < -0.3 is 37.6 Å². The van der Waals surface area contributed by atoms with E-state index in [4.69, 9.17) is 16.6 Å². The molecule has 0 aliphatic rings. The first-order chi connectivity index (χ1) is 13.3. The van der Waals surface area contributed by atoms with E-state index in [1.54, 1.807) is 13.8 Å². The van der Waals surface area contributed by atoms with E-state index in [0.717, 1.165) is 0 Å². The van der Waals surface area contributed by atoms with Crippen molar-refractivity contribution < 1.29 is 34.2 Å². The Bertz CT molecular complexity index is 623. The maximum atomic E-state index is 12.6. The van der Waals surface area contributed by atoms with Crippen LogP contribution in [-0.2, 0) is 24.0 Å². The van der Waals surface area contributed by atoms with Crippen LogP contribution in [0.5, 0.6) is 0 Å². The monoisotopic (exact) mass is 417 g/mol. The van der Waals surface area contributed by atoms with Gasteiger partial charge in [-0.05, 0) is 26.2 Å². The predicted octanol–water partition coefficient (Wildman–Crippen LogP) is -2.83. The van der Waals surface area contributed by atoms with Gasteiger partial charge in [-0.3, -0.25) is 24.0 Å². The molecule has 0 spiro atoms. The Balaban J connectivity index is 5.28. The zero-order valence-electron chi connectivity index (χ0n) is 17.0. The number of primary amides is 1. The average Bonchev–Trinajstić information content (AvgIpc) is 2.56. The van der Waals surface area contributed by atoms with E-state index in [1.165, 1.54) is 13.8 Å². The number of aliphatic hydroxyl groups is 1. The number of aliphatic carboxylic acids is 1. The molecule has 0 aliphatic heterocycles. The molecule has 5 atom stereocenters. The Morgan fingerprint density at radius 2 is 1.45 bits per heavy atom. The molecule has 0 aromatic heterocycles. The van der Waals surface area contributed by atoms with E-state index in [2.05, 4.69) is 16.0 Å². The van der Waals surface area contributed by atoms with E-state index >= 15 is 0 Å². The Morgan fingerprint density at radius 3 is 1.86 bits per heavy atom. The SMILES string of the molecule is CC(C)CC(NC(=O)C(NC(=O)C(N)CC(N)=O)C(C)O)C(=O)NC(C)C(=O)O. The maximum Gasteiger partial charge on any atom is 0.325 e. The number of carbonyl (C=O) groups is 5. The van der Waals surface area contributed by atoms with Crippen LogP contribution < -0.4 is 27.4 Å². The summed E-state index contributed by atoms with van der Waals surface area (Å²) in [6, 6.07) is -5.04. The van der Waals surface area contributed by atoms with Crippen molar-refractivity contribution in [2.75, 3.05) is 0 Å². The van der Waals surface area contributed by atoms with Gasteiger partial charge in [-0.25, -0.2) is 0 Å². The van der Waals surface area contributed by atoms with Crippen LogP contribution in [-0.4, -0.2) is 70.1 Å². The summed E-state index contributed by atoms with van der Waals surface area (Å²) in [7, 11) is 0. The van der Waals surface area contributed by atoms with Gasteiger partial charge in [-0.2, -0.15) is 0 Å². The van der Waals surface area contributed by atoms with Gasteiger partial charge >= 0.3 is 5.97 Å². The lowest BCUT2D eigenvalue weighted by Gasteiger charge is -2.26. The standard InChI is InChI=1S/C17H31N5O7/c1-7(2)5-11(15(26)20-8(3)17(28)29)21-16(27)13(9(4)23)22-14(25)10(18)6-12(19)24/h7-11,13,23H,5-6,18H2,1-4H3,(H2,19,24)(H,20,26)(H,21,27)(H,22,25)(H,28,29). The van der Waals surface area contributed by atoms with E-state index in [-0.39, 0.29) is 12.3 Å². The average molecular weight is 417 g/mol. The lowest BCUT2D eigenvalue weighted by molar-refractivity contribution is -0.142. The summed E-state index contributed by atoms with van der Waals surface area (Å²) in [5.74, 6) is -4.56. The van der Waals surface area contributed by atoms with Crippen molar-refractivity contribution in [3.8, 4) is 0 Å². The van der Waals surface area contributed by atoms with Gasteiger partial charge in [0, 0.05) is 0 Å². The number of nitrogens with one attached hydrogen (secondary N) is 3. The zero-order valence-corrected chi connectivity index (χ0v) is 17.0. The molecule has 0 fully saturated rings. The topological polar surface area (TPSA) is 214 Å². The summed E-state index contributed by atoms with van der Waals surface area (Å²) in [5, 5.41) is 25.7. The summed E-state index contributed by atoms with van der Waals surface area (Å²) in [5.41, 5.74) is 10.5. The van der Waals surface area contributed by atoms with Crippen LogP contribution in [0.3, 0.4) is 0 Å². The van der Waals surface area contributed by atoms with Crippen molar-refractivity contribution in [2.24, 2.45) is 17.4 Å². The van der Waals surface area contributed by atoms with Gasteiger partial charge in [0.2, 0.25) is 23.6 Å². The van der Waals surface area contributed by atoms with Crippen molar-refractivity contribution >= 4 is 29.6 Å². The van der Waals surface area contributed by atoms with Gasteiger partial charge in [-0.1, -0.05) is 13.8 Å². The highest BCUT2D eigenvalue weighted by Gasteiger charge is 2.32. The molecule has 0 aliphatic carbocycles. The molecule has 0 saturated carbocycles. The number of carboxylic acid groups (broad SMARTS) is 1. The van der Waals surface area contributed by atoms with Gasteiger partial charge in [-0.15, -0.1) is 0 Å². The molecule has 5 unspecified atom stereocenters. The molecule has 166 valence electrons. The number of nitrogens with two attached hydrogens (primary N) is 2. The highest BCUT2D eigenvalue weighted by atomic mass is 16.4. The summed E-state index contributed by atoms with van der Waals surface area (Å²) in [6.45, 7) is 6.11. The first-order valence-corrected chi connectivity index (χ1v) is 9.12. The number of aliphatic hydroxyl groups excluding tert-OH is 1. The summed E-state index contributed by atoms with van der Waals surface area (Å²) >= 11 is 0. The molecule has 0 rings (SSSR count). The van der Waals surface area contributed by atoms with Crippen molar-refractivity contribution in [3.63, 3.8) is 0 Å². The minimum absolute atomic E-state index is 0.0326. The molecular weight excluding hydrogens is 386 g/mol. The fraction of sp³-hybridized carbons (Fsp3) is 0.706. The van der Waals surface area contributed by atoms with E-state index in [0.29, 0.717) is 0 Å². The predicted molar refractivity (Wildman–Crippen MR) is 102 cm³/mol. The van der Waals surface area contributed by atoms with Gasteiger partial charge in [0.15, 0.2) is 0 Å². The van der Waals surface area contributed by atoms with Gasteiger partial charge in [0.25, 0.3) is 0 Å². The highest BCUT2D eigenvalue weighted by Crippen LogP contribution is 2.07. The molecule has 0 bridgehead atoms. The number of hydrogen-bond acceptors (Lipinski definition) is 7. The number of rotatable bonds is 12. The van der Waals surface area contributed by atoms with Crippen LogP contribution in [0, 0.1) is 5.92 Å². The molecule has 0 aromatic rings. The highest BCUT2D eigenvalue weighted by molar-refractivity contribution is 5.95. The summed E-state index contributed by atoms with van der Waals surface area (Å²) in [6.07, 6.45) is -1.61. The second-order valence-electron chi connectivity index (χ2n) is 7.26. The molecule has 0 radical (unpaired) electrons. The maximum absolute atomic E-state index is 12.6. The number of carbonyl (C=O) groups excluding carboxylic acids is 4. The van der Waals surface area contributed by atoms with Crippen molar-refractivity contribution in [1.82, 2.24) is 16.0 Å². The van der Waals surface area contributed by atoms with Crippen LogP contribution in [0.2, 0.25) is 0 Å². The van der Waals surface area contributed by atoms with Crippen LogP contribution in [0.4, 0.5) is 0 Å². The summed E-state index contributed by atoms with van der Waals surface area (Å²) < 4.78 is 0. The van der Waals surface area contributed by atoms with Gasteiger partial charge in [0.05, 0.1) is 18.6 Å². The number of hydrogen-bond donors (Lipinski definition) is 7. The molecule has 0 aromatic carbocycles. The Hall–Kier alpha value is -2.73. The van der Waals surface area contributed by atoms with Crippen LogP contribution in [0.25, 0.3) is 0 Å². The second kappa shape index (κ2) is 12.0. The molecule has 0 saturated heterocycles. The third kappa shape index (κ3) is 9.85. The third-order valence-corrected chi connectivity index (χ3v) is 3.89. The third-order valence-electron chi connectivity index (χ3n) is 3.89. The smallest absolute Gasteiger partial charge is 0.325 e. The van der Waals surface area contributed by atoms with Crippen LogP contribution >= 0.6 is 0 Å². The Morgan fingerprint density at radius 1 is 0.897 bits per heavy atom. The second-order valence-corrected chi connectivity index (χ2v) is 7.26. The molecule has 12 nitrogen and oxygen atoms in total. The van der Waals surface area contributed by atoms with E-state index in [9.17, 15) is 29.1 Å². The quantitative estimate of drug-likeness (QED) is 0.175. The molecule has 12 heteroatoms. The molecular formula is C17H31N5O7. The van der Waals surface area contributed by atoms with Crippen molar-refractivity contribution in [1.29, 1.82) is 0 Å². The fourth-order valence-corrected chi connectivity index (χ4v) is 2.32. The minimum atomic E-state index is -1.46.